The van der Waals surface area contributed by atoms with Crippen molar-refractivity contribution in [3.05, 3.63) is 53.3 Å². The van der Waals surface area contributed by atoms with Crippen molar-refractivity contribution in [3.8, 4) is 11.5 Å². The molecule has 1 amide bonds. The van der Waals surface area contributed by atoms with E-state index in [-0.39, 0.29) is 11.9 Å². The highest BCUT2D eigenvalue weighted by molar-refractivity contribution is 5.94. The predicted molar refractivity (Wildman–Crippen MR) is 94.0 cm³/mol. The molecule has 1 aromatic carbocycles. The lowest BCUT2D eigenvalue weighted by atomic mass is 10.0. The van der Waals surface area contributed by atoms with Crippen LogP contribution >= 0.6 is 0 Å². The summed E-state index contributed by atoms with van der Waals surface area (Å²) in [5.41, 5.74) is 2.67. The molecule has 130 valence electrons. The van der Waals surface area contributed by atoms with E-state index < -0.39 is 0 Å². The van der Waals surface area contributed by atoms with Gasteiger partial charge in [0.25, 0.3) is 5.91 Å². The average Bonchev–Trinajstić information content (AvgIpc) is 3.00. The highest BCUT2D eigenvalue weighted by Gasteiger charge is 2.31. The number of rotatable bonds is 2. The molecule has 0 aliphatic carbocycles. The van der Waals surface area contributed by atoms with Crippen LogP contribution in [0.5, 0.6) is 11.5 Å². The van der Waals surface area contributed by atoms with Crippen molar-refractivity contribution in [1.82, 2.24) is 9.88 Å². The smallest absolute Gasteiger partial charge is 0.255 e. The molecule has 25 heavy (non-hydrogen) atoms. The van der Waals surface area contributed by atoms with Gasteiger partial charge in [0, 0.05) is 24.9 Å². The third-order valence-corrected chi connectivity index (χ3v) is 4.83. The molecule has 4 rings (SSSR count). The SMILES string of the molecule is Cc1ccc(C(=O)N2CCC[C@H]2c2ccc3c(c2)OCCCO3)cn1. The van der Waals surface area contributed by atoms with Crippen molar-refractivity contribution < 1.29 is 14.3 Å². The molecule has 0 bridgehead atoms. The maximum absolute atomic E-state index is 12.9. The summed E-state index contributed by atoms with van der Waals surface area (Å²) in [6, 6.07) is 9.86. The summed E-state index contributed by atoms with van der Waals surface area (Å²) in [6.07, 6.45) is 4.52. The van der Waals surface area contributed by atoms with Crippen molar-refractivity contribution >= 4 is 5.91 Å². The second kappa shape index (κ2) is 6.75. The van der Waals surface area contributed by atoms with Crippen LogP contribution in [-0.2, 0) is 0 Å². The van der Waals surface area contributed by atoms with Crippen molar-refractivity contribution in [2.75, 3.05) is 19.8 Å². The van der Waals surface area contributed by atoms with E-state index in [1.165, 1.54) is 0 Å². The number of hydrogen-bond acceptors (Lipinski definition) is 4. The summed E-state index contributed by atoms with van der Waals surface area (Å²) in [5, 5.41) is 0. The zero-order valence-electron chi connectivity index (χ0n) is 14.4. The van der Waals surface area contributed by atoms with E-state index in [1.54, 1.807) is 6.20 Å². The number of pyridine rings is 1. The van der Waals surface area contributed by atoms with E-state index in [2.05, 4.69) is 11.1 Å². The Bertz CT molecular complexity index is 773. The normalized spacial score (nSPS) is 19.6. The molecule has 1 saturated heterocycles. The number of carbonyl (C=O) groups excluding carboxylic acids is 1. The largest absolute Gasteiger partial charge is 0.490 e. The molecular weight excluding hydrogens is 316 g/mol. The summed E-state index contributed by atoms with van der Waals surface area (Å²) in [6.45, 7) is 4.04. The first-order chi connectivity index (χ1) is 12.2. The molecule has 5 heteroatoms. The second-order valence-corrected chi connectivity index (χ2v) is 6.60. The van der Waals surface area contributed by atoms with Gasteiger partial charge in [-0.2, -0.15) is 0 Å². The van der Waals surface area contributed by atoms with Gasteiger partial charge in [-0.25, -0.2) is 0 Å². The lowest BCUT2D eigenvalue weighted by molar-refractivity contribution is 0.0735. The Kier molecular flexibility index (Phi) is 4.30. The van der Waals surface area contributed by atoms with E-state index >= 15 is 0 Å². The molecule has 0 spiro atoms. The van der Waals surface area contributed by atoms with Gasteiger partial charge in [-0.05, 0) is 49.6 Å². The van der Waals surface area contributed by atoms with E-state index in [0.29, 0.717) is 18.8 Å². The number of hydrogen-bond donors (Lipinski definition) is 0. The van der Waals surface area contributed by atoms with Gasteiger partial charge in [0.2, 0.25) is 0 Å². The lowest BCUT2D eigenvalue weighted by Gasteiger charge is -2.25. The third-order valence-electron chi connectivity index (χ3n) is 4.83. The van der Waals surface area contributed by atoms with Gasteiger partial charge in [0.15, 0.2) is 11.5 Å². The fraction of sp³-hybridized carbons (Fsp3) is 0.400. The Morgan fingerprint density at radius 3 is 2.76 bits per heavy atom. The molecule has 2 aromatic rings. The zero-order chi connectivity index (χ0) is 17.2. The molecule has 1 aromatic heterocycles. The van der Waals surface area contributed by atoms with Gasteiger partial charge in [0.1, 0.15) is 0 Å². The molecule has 1 fully saturated rings. The van der Waals surface area contributed by atoms with Gasteiger partial charge in [-0.15, -0.1) is 0 Å². The zero-order valence-corrected chi connectivity index (χ0v) is 14.4. The molecule has 1 atom stereocenters. The number of fused-ring (bicyclic) bond motifs is 1. The number of ether oxygens (including phenoxy) is 2. The quantitative estimate of drug-likeness (QED) is 0.840. The highest BCUT2D eigenvalue weighted by atomic mass is 16.5. The van der Waals surface area contributed by atoms with Gasteiger partial charge in [-0.1, -0.05) is 6.07 Å². The second-order valence-electron chi connectivity index (χ2n) is 6.60. The number of amides is 1. The van der Waals surface area contributed by atoms with Crippen molar-refractivity contribution in [2.45, 2.75) is 32.2 Å². The molecule has 0 unspecified atom stereocenters. The topological polar surface area (TPSA) is 51.7 Å². The minimum Gasteiger partial charge on any atom is -0.490 e. The number of aryl methyl sites for hydroxylation is 1. The van der Waals surface area contributed by atoms with Crippen LogP contribution in [0, 0.1) is 6.92 Å². The Morgan fingerprint density at radius 2 is 1.96 bits per heavy atom. The first kappa shape index (κ1) is 15.9. The molecule has 2 aliphatic rings. The van der Waals surface area contributed by atoms with Crippen LogP contribution in [0.4, 0.5) is 0 Å². The first-order valence-electron chi connectivity index (χ1n) is 8.85. The Morgan fingerprint density at radius 1 is 1.12 bits per heavy atom. The van der Waals surface area contributed by atoms with E-state index in [4.69, 9.17) is 9.47 Å². The fourth-order valence-electron chi connectivity index (χ4n) is 3.50. The average molecular weight is 338 g/mol. The maximum atomic E-state index is 12.9. The Hall–Kier alpha value is -2.56. The minimum atomic E-state index is 0.0436. The molecule has 0 N–H and O–H groups in total. The highest BCUT2D eigenvalue weighted by Crippen LogP contribution is 2.38. The van der Waals surface area contributed by atoms with Crippen molar-refractivity contribution in [2.24, 2.45) is 0 Å². The predicted octanol–water partition coefficient (Wildman–Crippen LogP) is 3.53. The first-order valence-corrected chi connectivity index (χ1v) is 8.85. The summed E-state index contributed by atoms with van der Waals surface area (Å²) >= 11 is 0. The number of carbonyl (C=O) groups is 1. The molecule has 2 aliphatic heterocycles. The molecule has 5 nitrogen and oxygen atoms in total. The maximum Gasteiger partial charge on any atom is 0.255 e. The van der Waals surface area contributed by atoms with Crippen LogP contribution < -0.4 is 9.47 Å². The minimum absolute atomic E-state index is 0.0436. The summed E-state index contributed by atoms with van der Waals surface area (Å²) < 4.78 is 11.5. The fourth-order valence-corrected chi connectivity index (χ4v) is 3.50. The van der Waals surface area contributed by atoms with Crippen LogP contribution in [-0.4, -0.2) is 35.5 Å². The number of likely N-dealkylation sites (tertiary alicyclic amines) is 1. The van der Waals surface area contributed by atoms with Gasteiger partial charge >= 0.3 is 0 Å². The van der Waals surface area contributed by atoms with E-state index in [1.807, 2.05) is 36.1 Å². The third kappa shape index (κ3) is 3.18. The van der Waals surface area contributed by atoms with Gasteiger partial charge in [0.05, 0.1) is 24.8 Å². The monoisotopic (exact) mass is 338 g/mol. The van der Waals surface area contributed by atoms with Crippen LogP contribution in [0.3, 0.4) is 0 Å². The van der Waals surface area contributed by atoms with Crippen LogP contribution in [0.25, 0.3) is 0 Å². The summed E-state index contributed by atoms with van der Waals surface area (Å²) in [4.78, 5) is 19.1. The number of nitrogens with zero attached hydrogens (tertiary/aromatic N) is 2. The summed E-state index contributed by atoms with van der Waals surface area (Å²) in [7, 11) is 0. The van der Waals surface area contributed by atoms with Crippen molar-refractivity contribution in [1.29, 1.82) is 0 Å². The van der Waals surface area contributed by atoms with E-state index in [9.17, 15) is 4.79 Å². The van der Waals surface area contributed by atoms with Crippen LogP contribution in [0.15, 0.2) is 36.5 Å². The number of aromatic nitrogens is 1. The molecular formula is C20H22N2O3. The Balaban J connectivity index is 1.60. The molecule has 3 heterocycles. The Labute approximate surface area is 147 Å². The lowest BCUT2D eigenvalue weighted by Crippen LogP contribution is -2.30. The van der Waals surface area contributed by atoms with Gasteiger partial charge < -0.3 is 14.4 Å². The van der Waals surface area contributed by atoms with E-state index in [0.717, 1.165) is 48.6 Å². The van der Waals surface area contributed by atoms with Crippen LogP contribution in [0.2, 0.25) is 0 Å². The van der Waals surface area contributed by atoms with Crippen LogP contribution in [0.1, 0.15) is 46.9 Å². The van der Waals surface area contributed by atoms with Gasteiger partial charge in [-0.3, -0.25) is 9.78 Å². The summed E-state index contributed by atoms with van der Waals surface area (Å²) in [5.74, 6) is 1.62. The molecule has 0 saturated carbocycles. The standard InChI is InChI=1S/C20H22N2O3/c1-14-5-6-16(13-21-14)20(23)22-9-2-4-17(22)15-7-8-18-19(12-15)25-11-3-10-24-18/h5-8,12-13,17H,2-4,9-11H2,1H3/t17-/m0/s1. The molecule has 0 radical (unpaired) electrons. The number of benzene rings is 1. The van der Waals surface area contributed by atoms with Crippen molar-refractivity contribution in [3.63, 3.8) is 0 Å².